The van der Waals surface area contributed by atoms with E-state index in [1.165, 1.54) is 0 Å². The van der Waals surface area contributed by atoms with E-state index in [2.05, 4.69) is 31.7 Å². The minimum absolute atomic E-state index is 0.194. The van der Waals surface area contributed by atoms with Crippen LogP contribution in [0.2, 0.25) is 0 Å². The average molecular weight is 298 g/mol. The monoisotopic (exact) mass is 298 g/mol. The molecule has 0 saturated carbocycles. The number of hydrogen-bond donors (Lipinski definition) is 2. The van der Waals surface area contributed by atoms with E-state index in [9.17, 15) is 0 Å². The van der Waals surface area contributed by atoms with Gasteiger partial charge in [-0.05, 0) is 26.3 Å². The quantitative estimate of drug-likeness (QED) is 0.890. The molecule has 2 aromatic heterocycles. The Labute approximate surface area is 128 Å². The molecule has 1 atom stereocenters. The minimum Gasteiger partial charge on any atom is -0.379 e. The zero-order valence-corrected chi connectivity index (χ0v) is 12.6. The third-order valence-electron chi connectivity index (χ3n) is 3.37. The summed E-state index contributed by atoms with van der Waals surface area (Å²) in [6.07, 6.45) is 2.67. The van der Waals surface area contributed by atoms with Crippen LogP contribution in [-0.4, -0.2) is 40.2 Å². The lowest BCUT2D eigenvalue weighted by molar-refractivity contribution is 0.195. The first kappa shape index (κ1) is 14.5. The van der Waals surface area contributed by atoms with Crippen LogP contribution < -0.4 is 10.6 Å². The van der Waals surface area contributed by atoms with Gasteiger partial charge in [0.15, 0.2) is 5.82 Å². The molecule has 7 nitrogen and oxygen atoms in total. The molecule has 0 bridgehead atoms. The lowest BCUT2D eigenvalue weighted by Crippen LogP contribution is -2.20. The molecule has 2 aromatic rings. The maximum atomic E-state index is 9.09. The zero-order valence-electron chi connectivity index (χ0n) is 12.6. The van der Waals surface area contributed by atoms with Gasteiger partial charge >= 0.3 is 0 Å². The van der Waals surface area contributed by atoms with Crippen LogP contribution in [0.1, 0.15) is 26.0 Å². The van der Waals surface area contributed by atoms with Crippen molar-refractivity contribution in [2.45, 2.75) is 32.4 Å². The Balaban J connectivity index is 1.99. The maximum Gasteiger partial charge on any atom is 0.223 e. The van der Waals surface area contributed by atoms with E-state index < -0.39 is 0 Å². The van der Waals surface area contributed by atoms with E-state index in [0.717, 1.165) is 18.4 Å². The van der Waals surface area contributed by atoms with Crippen LogP contribution in [0.4, 0.5) is 11.8 Å². The van der Waals surface area contributed by atoms with Gasteiger partial charge in [0.05, 0.1) is 12.6 Å². The van der Waals surface area contributed by atoms with Gasteiger partial charge in [-0.15, -0.1) is 0 Å². The SMILES string of the molecule is CC(C)Nc1nc(C#N)cc2cnc(N[C@H]3CCOC3)nc12. The number of ether oxygens (including phenoxy) is 1. The standard InChI is InChI=1S/C15H18N6O/c1-9(2)18-14-13-10(5-12(6-16)19-14)7-17-15(21-13)20-11-3-4-22-8-11/h5,7,9,11H,3-4,8H2,1-2H3,(H,18,19)(H,17,20,21)/t11-/m0/s1. The van der Waals surface area contributed by atoms with E-state index in [4.69, 9.17) is 10.00 Å². The first-order valence-electron chi connectivity index (χ1n) is 7.34. The summed E-state index contributed by atoms with van der Waals surface area (Å²) in [5.41, 5.74) is 1.06. The molecule has 114 valence electrons. The summed E-state index contributed by atoms with van der Waals surface area (Å²) in [6.45, 7) is 5.47. The van der Waals surface area contributed by atoms with Crippen molar-refractivity contribution in [1.29, 1.82) is 5.26 Å². The van der Waals surface area contributed by atoms with E-state index in [1.807, 2.05) is 13.8 Å². The number of pyridine rings is 1. The van der Waals surface area contributed by atoms with Gasteiger partial charge in [-0.25, -0.2) is 15.0 Å². The highest BCUT2D eigenvalue weighted by Gasteiger charge is 2.17. The third-order valence-corrected chi connectivity index (χ3v) is 3.37. The summed E-state index contributed by atoms with van der Waals surface area (Å²) in [6, 6.07) is 4.20. The van der Waals surface area contributed by atoms with Crippen LogP contribution in [0.3, 0.4) is 0 Å². The van der Waals surface area contributed by atoms with Gasteiger partial charge in [0, 0.05) is 24.2 Å². The second-order valence-corrected chi connectivity index (χ2v) is 5.60. The fourth-order valence-corrected chi connectivity index (χ4v) is 2.37. The number of hydrogen-bond acceptors (Lipinski definition) is 7. The Kier molecular flexibility index (Phi) is 4.02. The van der Waals surface area contributed by atoms with Crippen molar-refractivity contribution >= 4 is 22.7 Å². The number of anilines is 2. The molecule has 0 unspecified atom stereocenters. The van der Waals surface area contributed by atoms with Gasteiger partial charge in [0.2, 0.25) is 5.95 Å². The average Bonchev–Trinajstić information content (AvgIpc) is 3.00. The Morgan fingerprint density at radius 1 is 1.41 bits per heavy atom. The van der Waals surface area contributed by atoms with Crippen LogP contribution in [0.5, 0.6) is 0 Å². The maximum absolute atomic E-state index is 9.09. The largest absolute Gasteiger partial charge is 0.379 e. The second kappa shape index (κ2) is 6.12. The molecule has 0 spiro atoms. The summed E-state index contributed by atoms with van der Waals surface area (Å²) in [5.74, 6) is 1.17. The topological polar surface area (TPSA) is 95.8 Å². The molecule has 22 heavy (non-hydrogen) atoms. The molecule has 3 heterocycles. The van der Waals surface area contributed by atoms with Crippen molar-refractivity contribution in [2.24, 2.45) is 0 Å². The van der Waals surface area contributed by atoms with Gasteiger partial charge in [-0.1, -0.05) is 0 Å². The Morgan fingerprint density at radius 3 is 2.95 bits per heavy atom. The van der Waals surface area contributed by atoms with Crippen molar-refractivity contribution in [2.75, 3.05) is 23.8 Å². The molecular weight excluding hydrogens is 280 g/mol. The molecule has 0 amide bonds. The first-order chi connectivity index (χ1) is 10.7. The highest BCUT2D eigenvalue weighted by atomic mass is 16.5. The smallest absolute Gasteiger partial charge is 0.223 e. The van der Waals surface area contributed by atoms with Crippen LogP contribution in [0.15, 0.2) is 12.3 Å². The van der Waals surface area contributed by atoms with Crippen molar-refractivity contribution in [1.82, 2.24) is 15.0 Å². The predicted molar refractivity (Wildman–Crippen MR) is 83.7 cm³/mol. The van der Waals surface area contributed by atoms with E-state index in [-0.39, 0.29) is 12.1 Å². The third kappa shape index (κ3) is 3.07. The van der Waals surface area contributed by atoms with Gasteiger partial charge in [-0.3, -0.25) is 0 Å². The van der Waals surface area contributed by atoms with E-state index in [1.54, 1.807) is 12.3 Å². The van der Waals surface area contributed by atoms with E-state index >= 15 is 0 Å². The lowest BCUT2D eigenvalue weighted by atomic mass is 10.2. The number of nitrogens with zero attached hydrogens (tertiary/aromatic N) is 4. The molecular formula is C15H18N6O. The highest BCUT2D eigenvalue weighted by molar-refractivity contribution is 5.89. The normalized spacial score (nSPS) is 17.6. The summed E-state index contributed by atoms with van der Waals surface area (Å²) in [5, 5.41) is 16.4. The second-order valence-electron chi connectivity index (χ2n) is 5.60. The van der Waals surface area contributed by atoms with Crippen LogP contribution in [0.25, 0.3) is 10.9 Å². The first-order valence-corrected chi connectivity index (χ1v) is 7.34. The van der Waals surface area contributed by atoms with Crippen molar-refractivity contribution in [3.05, 3.63) is 18.0 Å². The summed E-state index contributed by atoms with van der Waals surface area (Å²) >= 11 is 0. The Hall–Kier alpha value is -2.46. The van der Waals surface area contributed by atoms with Gasteiger partial charge in [-0.2, -0.15) is 5.26 Å². The number of nitrogens with one attached hydrogen (secondary N) is 2. The molecule has 0 aliphatic carbocycles. The van der Waals surface area contributed by atoms with Crippen LogP contribution >= 0.6 is 0 Å². The summed E-state index contributed by atoms with van der Waals surface area (Å²) < 4.78 is 5.34. The van der Waals surface area contributed by atoms with Crippen LogP contribution in [0, 0.1) is 11.3 Å². The molecule has 0 radical (unpaired) electrons. The fourth-order valence-electron chi connectivity index (χ4n) is 2.37. The molecule has 1 saturated heterocycles. The molecule has 1 aliphatic heterocycles. The number of fused-ring (bicyclic) bond motifs is 1. The lowest BCUT2D eigenvalue weighted by Gasteiger charge is -2.14. The Bertz CT molecular complexity index is 718. The van der Waals surface area contributed by atoms with Crippen molar-refractivity contribution < 1.29 is 4.74 Å². The number of aromatic nitrogens is 3. The molecule has 0 aromatic carbocycles. The molecule has 3 rings (SSSR count). The molecule has 1 aliphatic rings. The minimum atomic E-state index is 0.194. The van der Waals surface area contributed by atoms with Gasteiger partial charge in [0.25, 0.3) is 0 Å². The zero-order chi connectivity index (χ0) is 15.5. The van der Waals surface area contributed by atoms with Crippen molar-refractivity contribution in [3.8, 4) is 6.07 Å². The van der Waals surface area contributed by atoms with Gasteiger partial charge < -0.3 is 15.4 Å². The number of nitriles is 1. The molecule has 7 heteroatoms. The highest BCUT2D eigenvalue weighted by Crippen LogP contribution is 2.22. The molecule has 1 fully saturated rings. The fraction of sp³-hybridized carbons (Fsp3) is 0.467. The van der Waals surface area contributed by atoms with Gasteiger partial charge in [0.1, 0.15) is 17.3 Å². The number of rotatable bonds is 4. The van der Waals surface area contributed by atoms with E-state index in [0.29, 0.717) is 29.6 Å². The summed E-state index contributed by atoms with van der Waals surface area (Å²) in [7, 11) is 0. The van der Waals surface area contributed by atoms with Crippen molar-refractivity contribution in [3.63, 3.8) is 0 Å². The Morgan fingerprint density at radius 2 is 2.27 bits per heavy atom. The predicted octanol–water partition coefficient (Wildman–Crippen LogP) is 1.92. The molecule has 2 N–H and O–H groups in total. The van der Waals surface area contributed by atoms with Crippen LogP contribution in [-0.2, 0) is 4.74 Å². The summed E-state index contributed by atoms with van der Waals surface area (Å²) in [4.78, 5) is 13.2.